The number of carbonyl (C=O) groups excluding carboxylic acids is 3. The molecule has 2 atom stereocenters. The van der Waals surface area contributed by atoms with Crippen molar-refractivity contribution in [2.45, 2.75) is 72.0 Å². The fourth-order valence-corrected chi connectivity index (χ4v) is 1.21. The standard InChI is InChI=1S/C15H25NO9/c1-8(10(17)18)22-11(19)9(16-12(20)24-14(2,3)4)23-13(21)25-15(5,6)7/h8-9H,1-7H3,(H,16,20)(H,17,18)/t8-,9-/m0/s1. The van der Waals surface area contributed by atoms with E-state index in [4.69, 9.17) is 19.3 Å². The van der Waals surface area contributed by atoms with Crippen LogP contribution in [0.3, 0.4) is 0 Å². The second-order valence-corrected chi connectivity index (χ2v) is 7.03. The second-order valence-electron chi connectivity index (χ2n) is 7.03. The van der Waals surface area contributed by atoms with Crippen LogP contribution < -0.4 is 5.32 Å². The molecule has 0 heterocycles. The zero-order valence-electron chi connectivity index (χ0n) is 15.4. The van der Waals surface area contributed by atoms with Gasteiger partial charge in [0, 0.05) is 0 Å². The number of ether oxygens (including phenoxy) is 4. The number of carboxylic acid groups (broad SMARTS) is 1. The molecular formula is C15H25NO9. The third kappa shape index (κ3) is 10.8. The number of rotatable bonds is 5. The molecule has 0 aliphatic rings. The molecule has 25 heavy (non-hydrogen) atoms. The Balaban J connectivity index is 5.10. The summed E-state index contributed by atoms with van der Waals surface area (Å²) < 4.78 is 19.1. The van der Waals surface area contributed by atoms with Gasteiger partial charge in [0.15, 0.2) is 6.10 Å². The molecule has 10 heteroatoms. The van der Waals surface area contributed by atoms with E-state index in [1.807, 2.05) is 5.32 Å². The molecule has 0 fully saturated rings. The van der Waals surface area contributed by atoms with Crippen LogP contribution in [0.25, 0.3) is 0 Å². The molecule has 0 unspecified atom stereocenters. The van der Waals surface area contributed by atoms with Gasteiger partial charge in [-0.1, -0.05) is 0 Å². The first kappa shape index (κ1) is 22.5. The number of carbonyl (C=O) groups is 4. The summed E-state index contributed by atoms with van der Waals surface area (Å²) in [6, 6.07) is 0. The lowest BCUT2D eigenvalue weighted by molar-refractivity contribution is -0.171. The first-order valence-electron chi connectivity index (χ1n) is 7.43. The predicted octanol–water partition coefficient (Wildman–Crippen LogP) is 1.81. The monoisotopic (exact) mass is 363 g/mol. The number of hydrogen-bond acceptors (Lipinski definition) is 8. The molecule has 0 aromatic rings. The highest BCUT2D eigenvalue weighted by Gasteiger charge is 2.33. The minimum Gasteiger partial charge on any atom is -0.479 e. The highest BCUT2D eigenvalue weighted by molar-refractivity contribution is 5.84. The number of alkyl carbamates (subject to hydrolysis) is 1. The van der Waals surface area contributed by atoms with Crippen LogP contribution in [0.15, 0.2) is 0 Å². The summed E-state index contributed by atoms with van der Waals surface area (Å²) in [5, 5.41) is 10.7. The quantitative estimate of drug-likeness (QED) is 0.425. The van der Waals surface area contributed by atoms with E-state index in [1.165, 1.54) is 0 Å². The molecule has 0 radical (unpaired) electrons. The lowest BCUT2D eigenvalue weighted by Crippen LogP contribution is -2.48. The van der Waals surface area contributed by atoms with Gasteiger partial charge in [0.05, 0.1) is 0 Å². The molecule has 2 N–H and O–H groups in total. The van der Waals surface area contributed by atoms with Crippen molar-refractivity contribution in [1.29, 1.82) is 0 Å². The fourth-order valence-electron chi connectivity index (χ4n) is 1.21. The number of esters is 1. The Morgan fingerprint density at radius 3 is 1.76 bits per heavy atom. The van der Waals surface area contributed by atoms with Gasteiger partial charge < -0.3 is 24.1 Å². The normalized spacial score (nSPS) is 13.9. The maximum absolute atomic E-state index is 12.0. The van der Waals surface area contributed by atoms with E-state index in [-0.39, 0.29) is 0 Å². The van der Waals surface area contributed by atoms with Gasteiger partial charge in [-0.05, 0) is 48.5 Å². The predicted molar refractivity (Wildman–Crippen MR) is 83.7 cm³/mol. The Kier molecular flexibility index (Phi) is 7.68. The van der Waals surface area contributed by atoms with Gasteiger partial charge in [-0.2, -0.15) is 0 Å². The number of nitrogens with one attached hydrogen (secondary N) is 1. The van der Waals surface area contributed by atoms with Crippen molar-refractivity contribution in [3.8, 4) is 0 Å². The number of amides is 1. The van der Waals surface area contributed by atoms with E-state index in [0.29, 0.717) is 0 Å². The molecule has 0 saturated carbocycles. The van der Waals surface area contributed by atoms with E-state index in [1.54, 1.807) is 41.5 Å². The van der Waals surface area contributed by atoms with E-state index < -0.39 is 47.7 Å². The van der Waals surface area contributed by atoms with Crippen LogP contribution in [-0.4, -0.2) is 52.8 Å². The fraction of sp³-hybridized carbons (Fsp3) is 0.733. The lowest BCUT2D eigenvalue weighted by Gasteiger charge is -2.24. The first-order chi connectivity index (χ1) is 11.1. The summed E-state index contributed by atoms with van der Waals surface area (Å²) in [7, 11) is 0. The summed E-state index contributed by atoms with van der Waals surface area (Å²) in [5.74, 6) is -2.71. The van der Waals surface area contributed by atoms with Crippen LogP contribution in [0.1, 0.15) is 48.5 Å². The van der Waals surface area contributed by atoms with Crippen LogP contribution in [0.2, 0.25) is 0 Å². The zero-order chi connectivity index (χ0) is 20.0. The third-order valence-corrected chi connectivity index (χ3v) is 2.11. The number of carboxylic acids is 1. The molecule has 0 rings (SSSR count). The Morgan fingerprint density at radius 1 is 0.880 bits per heavy atom. The second kappa shape index (κ2) is 8.54. The lowest BCUT2D eigenvalue weighted by atomic mass is 10.2. The van der Waals surface area contributed by atoms with Crippen molar-refractivity contribution in [3.05, 3.63) is 0 Å². The van der Waals surface area contributed by atoms with Crippen LogP contribution in [0.5, 0.6) is 0 Å². The summed E-state index contributed by atoms with van der Waals surface area (Å²) in [6.07, 6.45) is -5.78. The molecule has 0 aliphatic carbocycles. The van der Waals surface area contributed by atoms with Crippen molar-refractivity contribution >= 4 is 24.2 Å². The molecule has 0 aliphatic heterocycles. The van der Waals surface area contributed by atoms with Crippen LogP contribution >= 0.6 is 0 Å². The molecule has 0 bridgehead atoms. The van der Waals surface area contributed by atoms with Gasteiger partial charge in [-0.3, -0.25) is 5.32 Å². The first-order valence-corrected chi connectivity index (χ1v) is 7.43. The smallest absolute Gasteiger partial charge is 0.479 e. The van der Waals surface area contributed by atoms with Crippen LogP contribution in [-0.2, 0) is 28.5 Å². The minimum atomic E-state index is -1.94. The zero-order valence-corrected chi connectivity index (χ0v) is 15.4. The molecule has 10 nitrogen and oxygen atoms in total. The molecule has 0 spiro atoms. The Hall–Kier alpha value is -2.52. The Morgan fingerprint density at radius 2 is 1.36 bits per heavy atom. The van der Waals surface area contributed by atoms with Crippen molar-refractivity contribution in [2.24, 2.45) is 0 Å². The van der Waals surface area contributed by atoms with E-state index in [0.717, 1.165) is 6.92 Å². The van der Waals surface area contributed by atoms with Crippen molar-refractivity contribution in [1.82, 2.24) is 5.32 Å². The van der Waals surface area contributed by atoms with E-state index in [2.05, 4.69) is 4.74 Å². The van der Waals surface area contributed by atoms with Gasteiger partial charge >= 0.3 is 24.2 Å². The van der Waals surface area contributed by atoms with Gasteiger partial charge in [0.25, 0.3) is 6.23 Å². The Labute approximate surface area is 145 Å². The molecule has 1 amide bonds. The number of hydrogen-bond donors (Lipinski definition) is 2. The highest BCUT2D eigenvalue weighted by Crippen LogP contribution is 2.11. The van der Waals surface area contributed by atoms with E-state index in [9.17, 15) is 19.2 Å². The van der Waals surface area contributed by atoms with Gasteiger partial charge in [0.2, 0.25) is 0 Å². The van der Waals surface area contributed by atoms with Crippen molar-refractivity contribution in [3.63, 3.8) is 0 Å². The van der Waals surface area contributed by atoms with Crippen LogP contribution in [0, 0.1) is 0 Å². The van der Waals surface area contributed by atoms with Crippen molar-refractivity contribution < 1.29 is 43.2 Å². The Bertz CT molecular complexity index is 486. The minimum absolute atomic E-state index is 0.876. The topological polar surface area (TPSA) is 137 Å². The van der Waals surface area contributed by atoms with Gasteiger partial charge in [-0.15, -0.1) is 0 Å². The van der Waals surface area contributed by atoms with Gasteiger partial charge in [-0.25, -0.2) is 19.2 Å². The van der Waals surface area contributed by atoms with Gasteiger partial charge in [0.1, 0.15) is 11.2 Å². The number of aliphatic carboxylic acids is 1. The molecular weight excluding hydrogens is 338 g/mol. The summed E-state index contributed by atoms with van der Waals surface area (Å²) in [5.41, 5.74) is -1.79. The third-order valence-electron chi connectivity index (χ3n) is 2.11. The average molecular weight is 363 g/mol. The SMILES string of the molecule is C[C@H](OC(=O)[C@@H](NC(=O)OC(C)(C)C)OC(=O)OC(C)(C)C)C(=O)O. The molecule has 0 aromatic carbocycles. The summed E-state index contributed by atoms with van der Waals surface area (Å²) in [4.78, 5) is 46.2. The van der Waals surface area contributed by atoms with E-state index >= 15 is 0 Å². The summed E-state index contributed by atoms with van der Waals surface area (Å²) >= 11 is 0. The van der Waals surface area contributed by atoms with Crippen LogP contribution in [0.4, 0.5) is 9.59 Å². The molecule has 0 saturated heterocycles. The van der Waals surface area contributed by atoms with Crippen molar-refractivity contribution in [2.75, 3.05) is 0 Å². The largest absolute Gasteiger partial charge is 0.511 e. The highest BCUT2D eigenvalue weighted by atomic mass is 16.8. The molecule has 144 valence electrons. The summed E-state index contributed by atoms with van der Waals surface area (Å²) in [6.45, 7) is 10.5. The average Bonchev–Trinajstić information content (AvgIpc) is 2.32. The maximum atomic E-state index is 12.0. The molecule has 0 aromatic heterocycles. The maximum Gasteiger partial charge on any atom is 0.511 e.